The van der Waals surface area contributed by atoms with Gasteiger partial charge in [0.25, 0.3) is 0 Å². The second kappa shape index (κ2) is 8.42. The molecule has 32 heavy (non-hydrogen) atoms. The molecule has 2 nitrogen and oxygen atoms in total. The van der Waals surface area contributed by atoms with Crippen LogP contribution in [-0.2, 0) is 0 Å². The van der Waals surface area contributed by atoms with E-state index in [-0.39, 0.29) is 0 Å². The summed E-state index contributed by atoms with van der Waals surface area (Å²) < 4.78 is 0. The Kier molecular flexibility index (Phi) is 5.46. The van der Waals surface area contributed by atoms with Gasteiger partial charge in [0, 0.05) is 21.4 Å². The maximum absolute atomic E-state index is 11.3. The summed E-state index contributed by atoms with van der Waals surface area (Å²) in [5.74, 6) is 0.694. The van der Waals surface area contributed by atoms with Gasteiger partial charge < -0.3 is 10.2 Å². The van der Waals surface area contributed by atoms with Crippen LogP contribution in [0.4, 0.5) is 0 Å². The highest BCUT2D eigenvalue weighted by atomic mass is 31.4. The van der Waals surface area contributed by atoms with Gasteiger partial charge in [-0.15, -0.1) is 0 Å². The smallest absolute Gasteiger partial charge is 0.130 e. The molecule has 5 aromatic rings. The molecule has 5 rings (SSSR count). The van der Waals surface area contributed by atoms with Gasteiger partial charge in [0.15, 0.2) is 0 Å². The number of phenols is 2. The molecule has 4 heteroatoms. The fourth-order valence-electron chi connectivity index (χ4n) is 4.38. The third kappa shape index (κ3) is 3.58. The third-order valence-electron chi connectivity index (χ3n) is 6.39. The Morgan fingerprint density at radius 2 is 1.12 bits per heavy atom. The van der Waals surface area contributed by atoms with Crippen molar-refractivity contribution < 1.29 is 10.2 Å². The Labute approximate surface area is 191 Å². The Bertz CT molecular complexity index is 1380. The molecule has 0 amide bonds. The van der Waals surface area contributed by atoms with Crippen molar-refractivity contribution >= 4 is 54.0 Å². The second-order valence-electron chi connectivity index (χ2n) is 8.25. The molecule has 0 unspecified atom stereocenters. The number of benzene rings is 5. The van der Waals surface area contributed by atoms with Gasteiger partial charge >= 0.3 is 0 Å². The normalized spacial score (nSPS) is 11.8. The van der Waals surface area contributed by atoms with E-state index in [1.165, 1.54) is 16.3 Å². The first kappa shape index (κ1) is 20.8. The van der Waals surface area contributed by atoms with Crippen molar-refractivity contribution in [3.05, 3.63) is 102 Å². The third-order valence-corrected chi connectivity index (χ3v) is 13.7. The first-order valence-electron chi connectivity index (χ1n) is 10.8. The van der Waals surface area contributed by atoms with E-state index in [0.717, 1.165) is 32.2 Å². The lowest BCUT2D eigenvalue weighted by molar-refractivity contribution is 0.485. The van der Waals surface area contributed by atoms with Crippen LogP contribution < -0.4 is 15.8 Å². The molecule has 2 N–H and O–H groups in total. The van der Waals surface area contributed by atoms with Crippen LogP contribution in [0.15, 0.2) is 91.0 Å². The summed E-state index contributed by atoms with van der Waals surface area (Å²) in [5, 5.41) is 29.8. The number of phenolic OH excluding ortho intramolecular Hbond substituents is 2. The van der Waals surface area contributed by atoms with Gasteiger partial charge in [-0.2, -0.15) is 0 Å². The van der Waals surface area contributed by atoms with Crippen LogP contribution in [0.25, 0.3) is 21.5 Å². The molecule has 0 aromatic heterocycles. The summed E-state index contributed by atoms with van der Waals surface area (Å²) in [5.41, 5.74) is 2.61. The molecule has 0 radical (unpaired) electrons. The van der Waals surface area contributed by atoms with Crippen molar-refractivity contribution in [1.82, 2.24) is 0 Å². The largest absolute Gasteiger partial charge is 0.507 e. The highest BCUT2D eigenvalue weighted by Gasteiger charge is 2.24. The Morgan fingerprint density at radius 1 is 0.594 bits per heavy atom. The van der Waals surface area contributed by atoms with Crippen molar-refractivity contribution in [2.75, 3.05) is 0 Å². The standard InChI is InChI=1S/C28H25O2PSi/c1-18-8-7-13-26(19(18)2)32-31(24-16-14-20-9-3-5-11-22(20)27(24)29)25-17-15-21-10-4-6-12-23(21)28(25)30/h3-17,29-30H,32H2,1-2H3. The van der Waals surface area contributed by atoms with Crippen LogP contribution >= 0.6 is 7.47 Å². The van der Waals surface area contributed by atoms with Crippen LogP contribution in [0.3, 0.4) is 0 Å². The van der Waals surface area contributed by atoms with Crippen molar-refractivity contribution in [3.8, 4) is 11.5 Å². The molecule has 0 spiro atoms. The highest BCUT2D eigenvalue weighted by Crippen LogP contribution is 2.42. The van der Waals surface area contributed by atoms with Crippen molar-refractivity contribution in [2.24, 2.45) is 0 Å². The molecule has 0 atom stereocenters. The Morgan fingerprint density at radius 3 is 1.69 bits per heavy atom. The van der Waals surface area contributed by atoms with E-state index in [1.54, 1.807) is 0 Å². The predicted octanol–water partition coefficient (Wildman–Crippen LogP) is 4.86. The van der Waals surface area contributed by atoms with E-state index in [0.29, 0.717) is 11.5 Å². The van der Waals surface area contributed by atoms with Gasteiger partial charge in [-0.3, -0.25) is 0 Å². The van der Waals surface area contributed by atoms with Crippen LogP contribution in [0.5, 0.6) is 11.5 Å². The summed E-state index contributed by atoms with van der Waals surface area (Å²) in [4.78, 5) is 0. The molecule has 158 valence electrons. The van der Waals surface area contributed by atoms with Crippen molar-refractivity contribution in [3.63, 3.8) is 0 Å². The minimum atomic E-state index is -0.905. The van der Waals surface area contributed by atoms with Crippen LogP contribution in [0.1, 0.15) is 11.1 Å². The number of aryl methyl sites for hydroxylation is 1. The predicted molar refractivity (Wildman–Crippen MR) is 142 cm³/mol. The second-order valence-corrected chi connectivity index (χ2v) is 14.0. The minimum Gasteiger partial charge on any atom is -0.507 e. The van der Waals surface area contributed by atoms with E-state index in [9.17, 15) is 10.2 Å². The first-order valence-corrected chi connectivity index (χ1v) is 14.9. The van der Waals surface area contributed by atoms with Crippen LogP contribution in [-0.4, -0.2) is 19.4 Å². The van der Waals surface area contributed by atoms with Gasteiger partial charge in [0.05, 0.1) is 9.19 Å². The fraction of sp³-hybridized carbons (Fsp3) is 0.0714. The molecule has 0 aliphatic rings. The maximum Gasteiger partial charge on any atom is 0.130 e. The quantitative estimate of drug-likeness (QED) is 0.302. The average molecular weight is 453 g/mol. The lowest BCUT2D eigenvalue weighted by Crippen LogP contribution is -2.26. The van der Waals surface area contributed by atoms with E-state index >= 15 is 0 Å². The van der Waals surface area contributed by atoms with E-state index in [4.69, 9.17) is 0 Å². The molecule has 0 saturated heterocycles. The molecule has 0 saturated carbocycles. The minimum absolute atomic E-state index is 0.347. The van der Waals surface area contributed by atoms with Gasteiger partial charge in [-0.1, -0.05) is 104 Å². The van der Waals surface area contributed by atoms with Crippen LogP contribution in [0, 0.1) is 13.8 Å². The summed E-state index contributed by atoms with van der Waals surface area (Å²) in [6, 6.07) is 30.7. The SMILES string of the molecule is Cc1cccc([SiH2]P(c2ccc3ccccc3c2O)c2ccc3ccccc3c2O)c1C. The zero-order chi connectivity index (χ0) is 22.2. The molecular weight excluding hydrogens is 427 g/mol. The summed E-state index contributed by atoms with van der Waals surface area (Å²) in [6.45, 7) is 4.34. The van der Waals surface area contributed by atoms with E-state index < -0.39 is 16.7 Å². The van der Waals surface area contributed by atoms with Crippen LogP contribution in [0.2, 0.25) is 0 Å². The first-order chi connectivity index (χ1) is 15.5. The maximum atomic E-state index is 11.3. The van der Waals surface area contributed by atoms with Gasteiger partial charge in [0.2, 0.25) is 0 Å². The number of aromatic hydroxyl groups is 2. The Hall–Kier alpha value is -3.13. The topological polar surface area (TPSA) is 40.5 Å². The molecule has 0 aliphatic carbocycles. The molecular formula is C28H25O2PSi. The fourth-order valence-corrected chi connectivity index (χ4v) is 11.9. The highest BCUT2D eigenvalue weighted by molar-refractivity contribution is 7.99. The average Bonchev–Trinajstić information content (AvgIpc) is 2.82. The lowest BCUT2D eigenvalue weighted by atomic mass is 10.1. The van der Waals surface area contributed by atoms with Crippen molar-refractivity contribution in [2.45, 2.75) is 13.8 Å². The summed E-state index contributed by atoms with van der Waals surface area (Å²) in [7, 11) is -1.78. The lowest BCUT2D eigenvalue weighted by Gasteiger charge is -2.23. The van der Waals surface area contributed by atoms with Gasteiger partial charge in [-0.25, -0.2) is 0 Å². The zero-order valence-electron chi connectivity index (χ0n) is 18.2. The Balaban J connectivity index is 1.74. The van der Waals surface area contributed by atoms with E-state index in [1.807, 2.05) is 48.5 Å². The number of rotatable bonds is 4. The number of hydrogen-bond donors (Lipinski definition) is 2. The molecule has 0 heterocycles. The van der Waals surface area contributed by atoms with Crippen molar-refractivity contribution in [1.29, 1.82) is 0 Å². The van der Waals surface area contributed by atoms with Gasteiger partial charge in [0.1, 0.15) is 11.5 Å². The summed E-state index contributed by atoms with van der Waals surface area (Å²) >= 11 is 0. The molecule has 0 bridgehead atoms. The summed E-state index contributed by atoms with van der Waals surface area (Å²) in [6.07, 6.45) is 0. The van der Waals surface area contributed by atoms with E-state index in [2.05, 4.69) is 56.3 Å². The number of fused-ring (bicyclic) bond motifs is 2. The zero-order valence-corrected chi connectivity index (χ0v) is 20.5. The van der Waals surface area contributed by atoms with Gasteiger partial charge in [-0.05, 0) is 35.7 Å². The molecule has 5 aromatic carbocycles. The molecule has 0 fully saturated rings. The molecule has 0 aliphatic heterocycles. The number of hydrogen-bond acceptors (Lipinski definition) is 2. The monoisotopic (exact) mass is 452 g/mol.